The van der Waals surface area contributed by atoms with Crippen LogP contribution in [0.4, 0.5) is 0 Å². The first-order chi connectivity index (χ1) is 13.1. The summed E-state index contributed by atoms with van der Waals surface area (Å²) in [6.45, 7) is 2.47. The van der Waals surface area contributed by atoms with Crippen molar-refractivity contribution in [3.63, 3.8) is 0 Å². The van der Waals surface area contributed by atoms with Gasteiger partial charge in [-0.05, 0) is 37.9 Å². The lowest BCUT2D eigenvalue weighted by Gasteiger charge is -2.23. The molecule has 0 aliphatic heterocycles. The minimum atomic E-state index is -0.170. The minimum absolute atomic E-state index is 0.138. The van der Waals surface area contributed by atoms with E-state index in [-0.39, 0.29) is 11.9 Å². The number of hydrogen-bond acceptors (Lipinski definition) is 4. The molecule has 2 aromatic heterocycles. The zero-order valence-corrected chi connectivity index (χ0v) is 16.5. The van der Waals surface area contributed by atoms with Crippen molar-refractivity contribution < 1.29 is 9.21 Å². The Labute approximate surface area is 162 Å². The average Bonchev–Trinajstić information content (AvgIpc) is 3.30. The molecule has 138 valence electrons. The van der Waals surface area contributed by atoms with Crippen LogP contribution in [0, 0.1) is 6.92 Å². The van der Waals surface area contributed by atoms with E-state index < -0.39 is 0 Å². The van der Waals surface area contributed by atoms with E-state index in [1.165, 1.54) is 4.88 Å². The molecule has 1 N–H and O–H groups in total. The van der Waals surface area contributed by atoms with Gasteiger partial charge in [0, 0.05) is 27.8 Å². The number of nitrogens with zero attached hydrogens (tertiary/aromatic N) is 1. The number of aryl methyl sites for hydroxylation is 1. The maximum atomic E-state index is 12.8. The van der Waals surface area contributed by atoms with Crippen molar-refractivity contribution in [3.8, 4) is 0 Å². The van der Waals surface area contributed by atoms with E-state index in [0.29, 0.717) is 12.3 Å². The van der Waals surface area contributed by atoms with Gasteiger partial charge in [-0.1, -0.05) is 42.5 Å². The van der Waals surface area contributed by atoms with Crippen LogP contribution in [0.2, 0.25) is 0 Å². The van der Waals surface area contributed by atoms with Gasteiger partial charge in [0.2, 0.25) is 0 Å². The number of furan rings is 1. The van der Waals surface area contributed by atoms with E-state index in [4.69, 9.17) is 4.42 Å². The lowest BCUT2D eigenvalue weighted by molar-refractivity contribution is 0.0916. The second-order valence-electron chi connectivity index (χ2n) is 6.92. The number of amides is 1. The van der Waals surface area contributed by atoms with Crippen LogP contribution >= 0.6 is 11.3 Å². The van der Waals surface area contributed by atoms with Gasteiger partial charge >= 0.3 is 0 Å². The van der Waals surface area contributed by atoms with Crippen molar-refractivity contribution in [1.29, 1.82) is 0 Å². The van der Waals surface area contributed by atoms with Crippen LogP contribution in [-0.4, -0.2) is 31.4 Å². The molecule has 0 unspecified atom stereocenters. The normalized spacial score (nSPS) is 12.7. The molecule has 0 spiro atoms. The second-order valence-corrected chi connectivity index (χ2v) is 7.90. The summed E-state index contributed by atoms with van der Waals surface area (Å²) >= 11 is 1.70. The van der Waals surface area contributed by atoms with Crippen LogP contribution < -0.4 is 5.32 Å². The molecule has 0 bridgehead atoms. The van der Waals surface area contributed by atoms with Gasteiger partial charge in [-0.25, -0.2) is 0 Å². The average molecular weight is 378 g/mol. The summed E-state index contributed by atoms with van der Waals surface area (Å²) in [5.74, 6) is 0.223. The summed E-state index contributed by atoms with van der Waals surface area (Å²) in [7, 11) is 4.05. The van der Waals surface area contributed by atoms with Crippen molar-refractivity contribution >= 4 is 39.0 Å². The third-order valence-corrected chi connectivity index (χ3v) is 5.96. The van der Waals surface area contributed by atoms with E-state index in [1.54, 1.807) is 11.3 Å². The zero-order valence-electron chi connectivity index (χ0n) is 15.7. The fraction of sp³-hybridized carbons (Fsp3) is 0.227. The first-order valence-electron chi connectivity index (χ1n) is 8.95. The maximum Gasteiger partial charge on any atom is 0.287 e. The van der Waals surface area contributed by atoms with Gasteiger partial charge in [-0.2, -0.15) is 0 Å². The first-order valence-corrected chi connectivity index (χ1v) is 9.83. The Bertz CT molecular complexity index is 1100. The van der Waals surface area contributed by atoms with Crippen molar-refractivity contribution in [2.24, 2.45) is 0 Å². The third kappa shape index (κ3) is 3.24. The molecule has 0 saturated heterocycles. The second kappa shape index (κ2) is 7.18. The maximum absolute atomic E-state index is 12.8. The van der Waals surface area contributed by atoms with Crippen LogP contribution in [0.15, 0.2) is 58.3 Å². The standard InChI is InChI=1S/C22H22N2O2S/c1-14-16-11-10-15-7-4-5-8-17(15)21(16)26-20(14)22(25)23-13-18(24(2)3)19-9-6-12-27-19/h4-12,18H,13H2,1-3H3,(H,23,25)/t18-/m1/s1. The summed E-state index contributed by atoms with van der Waals surface area (Å²) < 4.78 is 6.03. The van der Waals surface area contributed by atoms with Gasteiger partial charge in [-0.3, -0.25) is 4.79 Å². The highest BCUT2D eigenvalue weighted by molar-refractivity contribution is 7.10. The molecule has 1 atom stereocenters. The highest BCUT2D eigenvalue weighted by Crippen LogP contribution is 2.32. The largest absolute Gasteiger partial charge is 0.450 e. The first kappa shape index (κ1) is 17.8. The predicted octanol–water partition coefficient (Wildman–Crippen LogP) is 4.99. The lowest BCUT2D eigenvalue weighted by Crippen LogP contribution is -2.34. The van der Waals surface area contributed by atoms with Crippen LogP contribution in [0.5, 0.6) is 0 Å². The molecular formula is C22H22N2O2S. The molecular weight excluding hydrogens is 356 g/mol. The summed E-state index contributed by atoms with van der Waals surface area (Å²) in [5, 5.41) is 8.23. The minimum Gasteiger partial charge on any atom is -0.450 e. The molecule has 0 aliphatic carbocycles. The van der Waals surface area contributed by atoms with Gasteiger partial charge in [0.15, 0.2) is 5.76 Å². The van der Waals surface area contributed by atoms with Crippen molar-refractivity contribution in [3.05, 3.63) is 70.1 Å². The number of rotatable bonds is 5. The summed E-state index contributed by atoms with van der Waals surface area (Å²) in [5.41, 5.74) is 1.66. The Morgan fingerprint density at radius 2 is 1.93 bits per heavy atom. The number of carbonyl (C=O) groups excluding carboxylic acids is 1. The Morgan fingerprint density at radius 1 is 1.11 bits per heavy atom. The molecule has 4 rings (SSSR count). The molecule has 2 aromatic carbocycles. The molecule has 0 radical (unpaired) electrons. The van der Waals surface area contributed by atoms with Gasteiger partial charge in [0.1, 0.15) is 5.58 Å². The monoisotopic (exact) mass is 378 g/mol. The fourth-order valence-corrected chi connectivity index (χ4v) is 4.38. The molecule has 0 fully saturated rings. The molecule has 5 heteroatoms. The molecule has 4 aromatic rings. The van der Waals surface area contributed by atoms with Gasteiger partial charge in [0.05, 0.1) is 6.04 Å². The number of fused-ring (bicyclic) bond motifs is 3. The van der Waals surface area contributed by atoms with E-state index in [0.717, 1.165) is 27.3 Å². The lowest BCUT2D eigenvalue weighted by atomic mass is 10.1. The predicted molar refractivity (Wildman–Crippen MR) is 112 cm³/mol. The van der Waals surface area contributed by atoms with Crippen LogP contribution in [0.1, 0.15) is 27.0 Å². The van der Waals surface area contributed by atoms with Crippen molar-refractivity contribution in [1.82, 2.24) is 10.2 Å². The molecule has 2 heterocycles. The van der Waals surface area contributed by atoms with E-state index in [2.05, 4.69) is 33.8 Å². The highest BCUT2D eigenvalue weighted by Gasteiger charge is 2.21. The highest BCUT2D eigenvalue weighted by atomic mass is 32.1. The number of nitrogens with one attached hydrogen (secondary N) is 1. The molecule has 1 amide bonds. The van der Waals surface area contributed by atoms with Crippen LogP contribution in [-0.2, 0) is 0 Å². The van der Waals surface area contributed by atoms with E-state index >= 15 is 0 Å². The molecule has 27 heavy (non-hydrogen) atoms. The molecule has 0 saturated carbocycles. The van der Waals surface area contributed by atoms with Crippen molar-refractivity contribution in [2.75, 3.05) is 20.6 Å². The number of carbonyl (C=O) groups is 1. The van der Waals surface area contributed by atoms with Gasteiger partial charge < -0.3 is 14.6 Å². The molecule has 0 aliphatic rings. The Balaban J connectivity index is 1.63. The topological polar surface area (TPSA) is 45.5 Å². The summed E-state index contributed by atoms with van der Waals surface area (Å²) in [4.78, 5) is 16.2. The third-order valence-electron chi connectivity index (χ3n) is 4.99. The fourth-order valence-electron chi connectivity index (χ4n) is 3.45. The Hall–Kier alpha value is -2.63. The Morgan fingerprint density at radius 3 is 2.67 bits per heavy atom. The smallest absolute Gasteiger partial charge is 0.287 e. The number of thiophene rings is 1. The number of hydrogen-bond donors (Lipinski definition) is 1. The number of likely N-dealkylation sites (N-methyl/N-ethyl adjacent to an activating group) is 1. The van der Waals surface area contributed by atoms with Crippen molar-refractivity contribution in [2.45, 2.75) is 13.0 Å². The SMILES string of the molecule is Cc1c(C(=O)NC[C@H](c2cccs2)N(C)C)oc2c1ccc1ccccc12. The summed E-state index contributed by atoms with van der Waals surface area (Å²) in [6, 6.07) is 16.4. The van der Waals surface area contributed by atoms with Gasteiger partial charge in [-0.15, -0.1) is 11.3 Å². The van der Waals surface area contributed by atoms with E-state index in [9.17, 15) is 4.79 Å². The van der Waals surface area contributed by atoms with Crippen LogP contribution in [0.25, 0.3) is 21.7 Å². The Kier molecular flexibility index (Phi) is 4.72. The quantitative estimate of drug-likeness (QED) is 0.532. The summed E-state index contributed by atoms with van der Waals surface area (Å²) in [6.07, 6.45) is 0. The van der Waals surface area contributed by atoms with Gasteiger partial charge in [0.25, 0.3) is 5.91 Å². The zero-order chi connectivity index (χ0) is 19.0. The van der Waals surface area contributed by atoms with Crippen LogP contribution in [0.3, 0.4) is 0 Å². The van der Waals surface area contributed by atoms with E-state index in [1.807, 2.05) is 51.4 Å². The molecule has 4 nitrogen and oxygen atoms in total. The number of benzene rings is 2.